The van der Waals surface area contributed by atoms with E-state index < -0.39 is 0 Å². The number of thioether (sulfide) groups is 1. The van der Waals surface area contributed by atoms with Crippen LogP contribution in [0.25, 0.3) is 10.2 Å². The number of nitrogens with zero attached hydrogens (tertiary/aromatic N) is 2. The van der Waals surface area contributed by atoms with Crippen molar-refractivity contribution in [3.63, 3.8) is 0 Å². The monoisotopic (exact) mass is 297 g/mol. The van der Waals surface area contributed by atoms with Gasteiger partial charge in [0.15, 0.2) is 0 Å². The Hall–Kier alpha value is -1.05. The smallest absolute Gasteiger partial charge is 0.240 e. The molecule has 0 aromatic carbocycles. The maximum Gasteiger partial charge on any atom is 0.240 e. The summed E-state index contributed by atoms with van der Waals surface area (Å²) in [6, 6.07) is 2.52. The average Bonchev–Trinajstić information content (AvgIpc) is 2.78. The summed E-state index contributed by atoms with van der Waals surface area (Å²) in [5.41, 5.74) is 2.53. The quantitative estimate of drug-likeness (QED) is 0.562. The molecule has 1 atom stereocenters. The lowest BCUT2D eigenvalue weighted by Crippen LogP contribution is -2.22. The molecule has 0 fully saturated rings. The van der Waals surface area contributed by atoms with E-state index in [0.717, 1.165) is 28.2 Å². The number of nitrogens with two attached hydrogens (primary N) is 1. The topological polar surface area (TPSA) is 75.9 Å². The first-order chi connectivity index (χ1) is 9.17. The molecular weight excluding hydrogens is 278 g/mol. The van der Waals surface area contributed by atoms with Crippen LogP contribution in [0.5, 0.6) is 0 Å². The first-order valence-electron chi connectivity index (χ1n) is 6.18. The molecule has 0 amide bonds. The second-order valence-corrected chi connectivity index (χ2v) is 6.47. The fraction of sp³-hybridized carbons (Fsp3) is 0.500. The van der Waals surface area contributed by atoms with E-state index in [1.165, 1.54) is 4.88 Å². The third kappa shape index (κ3) is 3.29. The van der Waals surface area contributed by atoms with Crippen molar-refractivity contribution >= 4 is 45.1 Å². The lowest BCUT2D eigenvalue weighted by atomic mass is 10.2. The molecule has 2 aromatic heterocycles. The molecule has 0 radical (unpaired) electrons. The van der Waals surface area contributed by atoms with Crippen LogP contribution >= 0.6 is 23.1 Å². The summed E-state index contributed by atoms with van der Waals surface area (Å²) in [5, 5.41) is 4.57. The van der Waals surface area contributed by atoms with Gasteiger partial charge in [0.05, 0.1) is 5.39 Å². The Morgan fingerprint density at radius 3 is 2.89 bits per heavy atom. The number of aromatic nitrogens is 2. The lowest BCUT2D eigenvalue weighted by Gasteiger charge is -2.17. The molecule has 0 aliphatic heterocycles. The number of fused-ring (bicyclic) bond motifs is 1. The number of hydrogen-bond acceptors (Lipinski definition) is 7. The van der Waals surface area contributed by atoms with Gasteiger partial charge < -0.3 is 5.32 Å². The van der Waals surface area contributed by atoms with Crippen LogP contribution in [-0.2, 0) is 0 Å². The van der Waals surface area contributed by atoms with Gasteiger partial charge in [0.2, 0.25) is 5.95 Å². The Labute approximate surface area is 121 Å². The first kappa shape index (κ1) is 14.4. The average molecular weight is 297 g/mol. The highest BCUT2D eigenvalue weighted by molar-refractivity contribution is 7.98. The van der Waals surface area contributed by atoms with Crippen LogP contribution < -0.4 is 16.6 Å². The number of rotatable bonds is 6. The number of nitrogens with one attached hydrogen (secondary N) is 2. The maximum atomic E-state index is 5.44. The Kier molecular flexibility index (Phi) is 4.84. The predicted molar refractivity (Wildman–Crippen MR) is 86.0 cm³/mol. The van der Waals surface area contributed by atoms with Crippen molar-refractivity contribution in [3.05, 3.63) is 10.9 Å². The van der Waals surface area contributed by atoms with Gasteiger partial charge in [0, 0.05) is 16.7 Å². The van der Waals surface area contributed by atoms with Gasteiger partial charge in [-0.05, 0) is 25.7 Å². The SMILES string of the molecule is CCC(CSC)Nc1nc(NN)nc2sc(C)cc12. The normalized spacial score (nSPS) is 12.6. The molecule has 4 N–H and O–H groups in total. The van der Waals surface area contributed by atoms with E-state index in [1.807, 2.05) is 11.8 Å². The van der Waals surface area contributed by atoms with Crippen molar-refractivity contribution < 1.29 is 0 Å². The third-order valence-corrected chi connectivity index (χ3v) is 4.53. The molecule has 2 heterocycles. The van der Waals surface area contributed by atoms with Gasteiger partial charge in [-0.2, -0.15) is 16.7 Å². The summed E-state index contributed by atoms with van der Waals surface area (Å²) in [4.78, 5) is 11.0. The van der Waals surface area contributed by atoms with Crippen molar-refractivity contribution in [2.24, 2.45) is 5.84 Å². The van der Waals surface area contributed by atoms with Gasteiger partial charge in [0.1, 0.15) is 10.6 Å². The van der Waals surface area contributed by atoms with Crippen LogP contribution in [0, 0.1) is 6.92 Å². The molecule has 0 saturated heterocycles. The molecule has 0 saturated carbocycles. The molecule has 1 unspecified atom stereocenters. The van der Waals surface area contributed by atoms with E-state index in [0.29, 0.717) is 12.0 Å². The Morgan fingerprint density at radius 1 is 1.47 bits per heavy atom. The van der Waals surface area contributed by atoms with Crippen LogP contribution in [0.15, 0.2) is 6.07 Å². The number of hydrazine groups is 1. The zero-order chi connectivity index (χ0) is 13.8. The molecule has 2 rings (SSSR count). The minimum atomic E-state index is 0.402. The molecule has 0 aliphatic carbocycles. The summed E-state index contributed by atoms with van der Waals surface area (Å²) < 4.78 is 0. The Bertz CT molecular complexity index is 554. The number of hydrogen-bond donors (Lipinski definition) is 3. The number of thiophene rings is 1. The van der Waals surface area contributed by atoms with E-state index in [1.54, 1.807) is 11.3 Å². The fourth-order valence-electron chi connectivity index (χ4n) is 1.87. The number of aryl methyl sites for hydroxylation is 1. The lowest BCUT2D eigenvalue weighted by molar-refractivity contribution is 0.771. The standard InChI is InChI=1S/C12H19N5S2/c1-4-8(6-18-3)14-10-9-5-7(2)19-11(9)16-12(15-10)17-13/h5,8H,4,6,13H2,1-3H3,(H2,14,15,16,17). The highest BCUT2D eigenvalue weighted by Gasteiger charge is 2.13. The number of anilines is 2. The highest BCUT2D eigenvalue weighted by atomic mass is 32.2. The van der Waals surface area contributed by atoms with Crippen LogP contribution in [-0.4, -0.2) is 28.0 Å². The fourth-order valence-corrected chi connectivity index (χ4v) is 3.47. The van der Waals surface area contributed by atoms with E-state index in [9.17, 15) is 0 Å². The largest absolute Gasteiger partial charge is 0.366 e. The van der Waals surface area contributed by atoms with Crippen LogP contribution in [0.1, 0.15) is 18.2 Å². The summed E-state index contributed by atoms with van der Waals surface area (Å²) in [5.74, 6) is 7.81. The molecule has 0 aliphatic rings. The Balaban J connectivity index is 2.39. The summed E-state index contributed by atoms with van der Waals surface area (Å²) in [7, 11) is 0. The molecule has 19 heavy (non-hydrogen) atoms. The zero-order valence-corrected chi connectivity index (χ0v) is 13.0. The van der Waals surface area contributed by atoms with Gasteiger partial charge in [0.25, 0.3) is 0 Å². The summed E-state index contributed by atoms with van der Waals surface area (Å²) in [6.45, 7) is 4.25. The minimum Gasteiger partial charge on any atom is -0.366 e. The number of nitrogen functional groups attached to an aromatic ring is 1. The van der Waals surface area contributed by atoms with Gasteiger partial charge >= 0.3 is 0 Å². The van der Waals surface area contributed by atoms with Crippen LogP contribution in [0.3, 0.4) is 0 Å². The molecular formula is C12H19N5S2. The van der Waals surface area contributed by atoms with Gasteiger partial charge in [-0.15, -0.1) is 11.3 Å². The van der Waals surface area contributed by atoms with E-state index in [-0.39, 0.29) is 0 Å². The van der Waals surface area contributed by atoms with Crippen molar-refractivity contribution in [1.82, 2.24) is 9.97 Å². The van der Waals surface area contributed by atoms with Crippen molar-refractivity contribution in [1.29, 1.82) is 0 Å². The van der Waals surface area contributed by atoms with E-state index in [4.69, 9.17) is 5.84 Å². The molecule has 7 heteroatoms. The molecule has 2 aromatic rings. The third-order valence-electron chi connectivity index (χ3n) is 2.85. The Morgan fingerprint density at radius 2 is 2.26 bits per heavy atom. The van der Waals surface area contributed by atoms with Gasteiger partial charge in [-0.1, -0.05) is 6.92 Å². The second kappa shape index (κ2) is 6.40. The van der Waals surface area contributed by atoms with Crippen molar-refractivity contribution in [3.8, 4) is 0 Å². The second-order valence-electron chi connectivity index (χ2n) is 4.32. The minimum absolute atomic E-state index is 0.402. The molecule has 0 spiro atoms. The molecule has 104 valence electrons. The summed E-state index contributed by atoms with van der Waals surface area (Å²) in [6.07, 6.45) is 3.17. The van der Waals surface area contributed by atoms with Gasteiger partial charge in [-0.25, -0.2) is 10.8 Å². The van der Waals surface area contributed by atoms with E-state index in [2.05, 4.69) is 46.9 Å². The maximum absolute atomic E-state index is 5.44. The van der Waals surface area contributed by atoms with Crippen LogP contribution in [0.4, 0.5) is 11.8 Å². The summed E-state index contributed by atoms with van der Waals surface area (Å²) >= 11 is 3.48. The van der Waals surface area contributed by atoms with Gasteiger partial charge in [-0.3, -0.25) is 5.43 Å². The molecule has 5 nitrogen and oxygen atoms in total. The van der Waals surface area contributed by atoms with Crippen molar-refractivity contribution in [2.75, 3.05) is 22.8 Å². The predicted octanol–water partition coefficient (Wildman–Crippen LogP) is 2.84. The van der Waals surface area contributed by atoms with Crippen molar-refractivity contribution in [2.45, 2.75) is 26.3 Å². The molecule has 0 bridgehead atoms. The van der Waals surface area contributed by atoms with Crippen LogP contribution in [0.2, 0.25) is 0 Å². The first-order valence-corrected chi connectivity index (χ1v) is 8.39. The highest BCUT2D eigenvalue weighted by Crippen LogP contribution is 2.30. The van der Waals surface area contributed by atoms with E-state index >= 15 is 0 Å². The zero-order valence-electron chi connectivity index (χ0n) is 11.4.